The second-order valence-corrected chi connectivity index (χ2v) is 44.0. The number of sulfonamides is 4. The van der Waals surface area contributed by atoms with E-state index in [0.717, 1.165) is 164 Å². The first-order valence-corrected chi connectivity index (χ1v) is 53.0. The summed E-state index contributed by atoms with van der Waals surface area (Å²) in [5, 5.41) is 18.9. The lowest BCUT2D eigenvalue weighted by molar-refractivity contribution is -0.120. The second kappa shape index (κ2) is 43.5. The van der Waals surface area contributed by atoms with Gasteiger partial charge in [0.1, 0.15) is 87.7 Å². The van der Waals surface area contributed by atoms with Gasteiger partial charge in [-0.1, -0.05) is 148 Å². The van der Waals surface area contributed by atoms with E-state index >= 15 is 0 Å². The van der Waals surface area contributed by atoms with Crippen LogP contribution in [0.25, 0.3) is 11.1 Å². The summed E-state index contributed by atoms with van der Waals surface area (Å²) in [5.74, 6) is 4.81. The Morgan fingerprint density at radius 1 is 0.348 bits per heavy atom. The van der Waals surface area contributed by atoms with Crippen LogP contribution in [0.5, 0.6) is 63.2 Å². The first-order chi connectivity index (χ1) is 66.6. The summed E-state index contributed by atoms with van der Waals surface area (Å²) in [6, 6.07) is 84.9. The summed E-state index contributed by atoms with van der Waals surface area (Å²) in [6.07, 6.45) is 7.71. The number of aryl methyl sites for hydroxylation is 3. The zero-order chi connectivity index (χ0) is 97.5. The lowest BCUT2D eigenvalue weighted by Gasteiger charge is -2.24. The standard InChI is InChI=1S/C33H39NO6S.C26H22N2O5S.2C25H23NO5S.2CH4/c1-20-15-24(9-10-26(20)23-18-31(35)34-41(37,38)19-23)40-30-12-11-27-28(30)7-6-8-29(27)32-21(2)16-25(17-22(32)3)39-14-13-33(4,5)36;27-15-17-4-8-20(9-5-17)32-24-3-1-2-22-23(24)12-13-25(22)33-21-10-6-18(7-11-21)19-14-26(29)28-34(30,31)16-19;2*27-25-15-18(16-32(28,29)26-25)17-9-11-20(12-10-17)31-24-14-13-22-21(24)7-4-8-23(22)30-19-5-2-1-3-6-19;;/h6-10,15-17,23,30,36H,11-14,18-19H2,1-5H3,(H,34,35);1-11,19,25H,12-14,16H2,(H,28,29);2*1-12,18,24H,13-16H2,(H,26,27);2*1H4/t23?,30-;19?,25-;2*18?,24-;;/m1111../s1. The third kappa shape index (κ3) is 25.5. The van der Waals surface area contributed by atoms with Crippen molar-refractivity contribution in [3.63, 3.8) is 0 Å². The van der Waals surface area contributed by atoms with E-state index in [4.69, 9.17) is 43.2 Å². The summed E-state index contributed by atoms with van der Waals surface area (Å²) in [4.78, 5) is 47.0. The number of hydrogen-bond donors (Lipinski definition) is 5. The topological polar surface area (TPSA) is 371 Å². The highest BCUT2D eigenvalue weighted by molar-refractivity contribution is 7.91. The predicted molar refractivity (Wildman–Crippen MR) is 539 cm³/mol. The van der Waals surface area contributed by atoms with E-state index in [1.165, 1.54) is 22.3 Å². The number of para-hydroxylation sites is 2. The van der Waals surface area contributed by atoms with E-state index < -0.39 is 69.3 Å². The van der Waals surface area contributed by atoms with Crippen LogP contribution in [-0.4, -0.2) is 97.6 Å². The molecule has 734 valence electrons. The fourth-order valence-electron chi connectivity index (χ4n) is 19.5. The molecule has 0 radical (unpaired) electrons. The van der Waals surface area contributed by atoms with Crippen LogP contribution in [0.3, 0.4) is 0 Å². The molecule has 4 heterocycles. The number of carbonyl (C=O) groups is 4. The van der Waals surface area contributed by atoms with Crippen molar-refractivity contribution in [1.82, 2.24) is 18.9 Å². The molecule has 4 fully saturated rings. The Bertz CT molecular complexity index is 6920. The smallest absolute Gasteiger partial charge is 0.235 e. The van der Waals surface area contributed by atoms with Gasteiger partial charge in [-0.2, -0.15) is 5.26 Å². The van der Waals surface area contributed by atoms with E-state index in [1.54, 1.807) is 38.1 Å². The SMILES string of the molecule is C.C.Cc1cc(O[C@@H]2CCc3c(-c4c(C)cc(OCCC(C)(C)O)cc4C)cccc32)ccc1C1CC(=O)NS(=O)(=O)C1.N#Cc1ccc(Oc2cccc3c2CC[C@H]3Oc2ccc(C3CC(=O)NS(=O)(=O)C3)cc2)cc1.O=C1CC(c2ccc(O[C@@H]3CCc4c(Oc5ccccc5)cccc43)cc2)CS(=O)(=O)N1.O=C1CC(c2ccc(O[C@@H]3CCc4c(Oc5ccccc5)cccc43)cc2)CS(=O)(=O)N1. The zero-order valence-corrected chi connectivity index (χ0v) is 80.6. The highest BCUT2D eigenvalue weighted by Crippen LogP contribution is 2.48. The first-order valence-electron chi connectivity index (χ1n) is 46.4. The quantitative estimate of drug-likeness (QED) is 0.0397. The summed E-state index contributed by atoms with van der Waals surface area (Å²) >= 11 is 0. The van der Waals surface area contributed by atoms with E-state index in [9.17, 15) is 58.0 Å². The Balaban J connectivity index is 0.000000142. The summed E-state index contributed by atoms with van der Waals surface area (Å²) < 4.78 is 153. The van der Waals surface area contributed by atoms with E-state index in [0.29, 0.717) is 41.6 Å². The molecule has 30 heteroatoms. The molecule has 12 aromatic rings. The van der Waals surface area contributed by atoms with Gasteiger partial charge in [0.15, 0.2) is 0 Å². The van der Waals surface area contributed by atoms with Gasteiger partial charge < -0.3 is 43.0 Å². The number of ether oxygens (including phenoxy) is 8. The third-order valence-corrected chi connectivity index (χ3v) is 31.5. The molecule has 5 N–H and O–H groups in total. The molecule has 4 aliphatic heterocycles. The molecule has 0 spiro atoms. The van der Waals surface area contributed by atoms with Crippen LogP contribution in [0, 0.1) is 32.1 Å². The minimum absolute atomic E-state index is 0. The van der Waals surface area contributed by atoms with Crippen molar-refractivity contribution in [2.45, 2.75) is 187 Å². The molecular formula is C111H115N5O21S4. The molecule has 0 bridgehead atoms. The molecule has 4 unspecified atom stereocenters. The molecule has 0 saturated carbocycles. The van der Waals surface area contributed by atoms with Gasteiger partial charge in [0.2, 0.25) is 63.7 Å². The minimum atomic E-state index is -3.60. The lowest BCUT2D eigenvalue weighted by Crippen LogP contribution is -2.41. The molecular weight excluding hydrogens is 1870 g/mol. The van der Waals surface area contributed by atoms with Crippen molar-refractivity contribution >= 4 is 63.7 Å². The van der Waals surface area contributed by atoms with Gasteiger partial charge in [0.25, 0.3) is 0 Å². The number of aliphatic hydroxyl groups is 1. The normalized spacial score (nSPS) is 20.5. The van der Waals surface area contributed by atoms with Crippen molar-refractivity contribution in [3.8, 4) is 80.4 Å². The van der Waals surface area contributed by atoms with Gasteiger partial charge >= 0.3 is 0 Å². The summed E-state index contributed by atoms with van der Waals surface area (Å²) in [7, 11) is -14.3. The fraction of sp³-hybridized carbons (Fsp3) is 0.306. The summed E-state index contributed by atoms with van der Waals surface area (Å²) in [6.45, 7) is 10.2. The molecule has 20 rings (SSSR count). The molecule has 0 aromatic heterocycles. The number of hydrogen-bond acceptors (Lipinski definition) is 22. The number of benzene rings is 12. The molecule has 4 aliphatic carbocycles. The minimum Gasteiger partial charge on any atom is -0.493 e. The maximum Gasteiger partial charge on any atom is 0.235 e. The van der Waals surface area contributed by atoms with Gasteiger partial charge in [-0.25, -0.2) is 33.7 Å². The molecule has 4 amide bonds. The van der Waals surface area contributed by atoms with Crippen LogP contribution in [0.1, 0.15) is 224 Å². The Morgan fingerprint density at radius 2 is 0.660 bits per heavy atom. The highest BCUT2D eigenvalue weighted by atomic mass is 32.2. The van der Waals surface area contributed by atoms with Gasteiger partial charge in [-0.3, -0.25) is 38.1 Å². The van der Waals surface area contributed by atoms with E-state index in [-0.39, 0.29) is 112 Å². The average molecular weight is 1980 g/mol. The van der Waals surface area contributed by atoms with Crippen molar-refractivity contribution in [2.24, 2.45) is 0 Å². The maximum atomic E-state index is 12.1. The summed E-state index contributed by atoms with van der Waals surface area (Å²) in [5.41, 5.74) is 18.0. The number of nitrogens with zero attached hydrogens (tertiary/aromatic N) is 1. The van der Waals surface area contributed by atoms with Crippen LogP contribution in [-0.2, 0) is 85.0 Å². The van der Waals surface area contributed by atoms with Crippen molar-refractivity contribution < 1.29 is 95.9 Å². The number of rotatable bonds is 23. The largest absolute Gasteiger partial charge is 0.493 e. The van der Waals surface area contributed by atoms with Crippen molar-refractivity contribution in [3.05, 3.63) is 350 Å². The molecule has 26 nitrogen and oxygen atoms in total. The number of amides is 4. The van der Waals surface area contributed by atoms with Gasteiger partial charge in [-0.15, -0.1) is 0 Å². The monoisotopic (exact) mass is 1980 g/mol. The average Bonchev–Trinajstić information content (AvgIpc) is 1.65. The Hall–Kier alpha value is -13.8. The van der Waals surface area contributed by atoms with E-state index in [1.807, 2.05) is 215 Å². The van der Waals surface area contributed by atoms with Crippen LogP contribution in [0.2, 0.25) is 0 Å². The van der Waals surface area contributed by atoms with Gasteiger partial charge in [0.05, 0.1) is 46.9 Å². The predicted octanol–water partition coefficient (Wildman–Crippen LogP) is 20.4. The lowest BCUT2D eigenvalue weighted by atomic mass is 9.90. The number of nitriles is 1. The Morgan fingerprint density at radius 3 is 1.01 bits per heavy atom. The fourth-order valence-corrected chi connectivity index (χ4v) is 24.9. The van der Waals surface area contributed by atoms with Crippen molar-refractivity contribution in [1.29, 1.82) is 5.26 Å². The molecule has 4 saturated heterocycles. The molecule has 12 aromatic carbocycles. The maximum absolute atomic E-state index is 12.1. The van der Waals surface area contributed by atoms with Crippen LogP contribution >= 0.6 is 0 Å². The molecule has 8 atom stereocenters. The first kappa shape index (κ1) is 102. The van der Waals surface area contributed by atoms with Crippen molar-refractivity contribution in [2.75, 3.05) is 29.6 Å². The highest BCUT2D eigenvalue weighted by Gasteiger charge is 2.38. The van der Waals surface area contributed by atoms with Crippen LogP contribution in [0.4, 0.5) is 0 Å². The van der Waals surface area contributed by atoms with Crippen LogP contribution < -0.4 is 56.8 Å². The third-order valence-electron chi connectivity index (χ3n) is 26.0. The van der Waals surface area contributed by atoms with Crippen LogP contribution in [0.15, 0.2) is 261 Å². The zero-order valence-electron chi connectivity index (χ0n) is 77.4. The van der Waals surface area contributed by atoms with Gasteiger partial charge in [0, 0.05) is 72.5 Å². The van der Waals surface area contributed by atoms with E-state index in [2.05, 4.69) is 67.1 Å². The Labute approximate surface area is 824 Å². The number of fused-ring (bicyclic) bond motifs is 4. The second-order valence-electron chi connectivity index (χ2n) is 36.9. The number of carbonyl (C=O) groups excluding carboxylic acids is 4. The molecule has 141 heavy (non-hydrogen) atoms. The Kier molecular flexibility index (Phi) is 31.3. The molecule has 8 aliphatic rings. The van der Waals surface area contributed by atoms with Gasteiger partial charge in [-0.05, 0) is 291 Å². The number of nitrogens with one attached hydrogen (secondary N) is 4.